The SMILES string of the molecule is CCCN1CCC(CN=C(NCC)Nc2ccc(OC)c(OCC)c2)CC1.I. The van der Waals surface area contributed by atoms with Gasteiger partial charge in [-0.05, 0) is 70.8 Å². The zero-order valence-electron chi connectivity index (χ0n) is 17.8. The minimum Gasteiger partial charge on any atom is -0.493 e. The number of aliphatic imine (C=N–C) groups is 1. The van der Waals surface area contributed by atoms with Crippen LogP contribution in [0.2, 0.25) is 0 Å². The van der Waals surface area contributed by atoms with Crippen molar-refractivity contribution in [3.63, 3.8) is 0 Å². The summed E-state index contributed by atoms with van der Waals surface area (Å²) in [5, 5.41) is 6.73. The highest BCUT2D eigenvalue weighted by molar-refractivity contribution is 14.0. The second-order valence-corrected chi connectivity index (χ2v) is 6.93. The van der Waals surface area contributed by atoms with Crippen molar-refractivity contribution >= 4 is 35.6 Å². The van der Waals surface area contributed by atoms with Gasteiger partial charge in [0, 0.05) is 24.8 Å². The van der Waals surface area contributed by atoms with Crippen molar-refractivity contribution < 1.29 is 9.47 Å². The van der Waals surface area contributed by atoms with Crippen LogP contribution in [0.1, 0.15) is 40.0 Å². The Balaban J connectivity index is 0.00000392. The zero-order valence-corrected chi connectivity index (χ0v) is 20.1. The third kappa shape index (κ3) is 8.03. The smallest absolute Gasteiger partial charge is 0.195 e. The number of nitrogens with one attached hydrogen (secondary N) is 2. The number of guanidine groups is 1. The monoisotopic (exact) mass is 504 g/mol. The number of likely N-dealkylation sites (tertiary alicyclic amines) is 1. The lowest BCUT2D eigenvalue weighted by atomic mass is 9.97. The molecule has 2 N–H and O–H groups in total. The van der Waals surface area contributed by atoms with E-state index in [1.807, 2.05) is 25.1 Å². The predicted octanol–water partition coefficient (Wildman–Crippen LogP) is 4.21. The molecule has 0 saturated carbocycles. The molecule has 0 radical (unpaired) electrons. The Hall–Kier alpha value is -1.22. The summed E-state index contributed by atoms with van der Waals surface area (Å²) in [6.45, 7) is 12.2. The van der Waals surface area contributed by atoms with Gasteiger partial charge in [-0.25, -0.2) is 0 Å². The number of piperidine rings is 1. The Labute approximate surface area is 187 Å². The van der Waals surface area contributed by atoms with E-state index in [1.54, 1.807) is 7.11 Å². The molecule has 0 amide bonds. The lowest BCUT2D eigenvalue weighted by Crippen LogP contribution is -2.36. The van der Waals surface area contributed by atoms with Crippen molar-refractivity contribution in [3.05, 3.63) is 18.2 Å². The van der Waals surface area contributed by atoms with Crippen LogP contribution in [0.15, 0.2) is 23.2 Å². The van der Waals surface area contributed by atoms with Gasteiger partial charge in [0.25, 0.3) is 0 Å². The molecule has 1 aromatic rings. The number of hydrogen-bond acceptors (Lipinski definition) is 4. The summed E-state index contributed by atoms with van der Waals surface area (Å²) in [6, 6.07) is 5.86. The van der Waals surface area contributed by atoms with Gasteiger partial charge in [-0.2, -0.15) is 0 Å². The van der Waals surface area contributed by atoms with Crippen LogP contribution < -0.4 is 20.1 Å². The maximum Gasteiger partial charge on any atom is 0.195 e. The third-order valence-corrected chi connectivity index (χ3v) is 4.83. The molecular weight excluding hydrogens is 467 g/mol. The maximum atomic E-state index is 5.67. The Morgan fingerprint density at radius 3 is 2.54 bits per heavy atom. The minimum absolute atomic E-state index is 0. The second kappa shape index (κ2) is 13.9. The molecule has 1 fully saturated rings. The lowest BCUT2D eigenvalue weighted by Gasteiger charge is -2.31. The normalized spacial score (nSPS) is 15.6. The van der Waals surface area contributed by atoms with E-state index in [-0.39, 0.29) is 24.0 Å². The number of ether oxygens (including phenoxy) is 2. The first kappa shape index (κ1) is 24.8. The number of benzene rings is 1. The van der Waals surface area contributed by atoms with Crippen LogP contribution in [0.5, 0.6) is 11.5 Å². The van der Waals surface area contributed by atoms with Gasteiger partial charge in [0.1, 0.15) is 0 Å². The molecule has 6 nitrogen and oxygen atoms in total. The van der Waals surface area contributed by atoms with E-state index < -0.39 is 0 Å². The van der Waals surface area contributed by atoms with Gasteiger partial charge < -0.3 is 25.0 Å². The average Bonchev–Trinajstić information content (AvgIpc) is 2.68. The van der Waals surface area contributed by atoms with Gasteiger partial charge in [-0.3, -0.25) is 4.99 Å². The van der Waals surface area contributed by atoms with Crippen LogP contribution in [0.3, 0.4) is 0 Å². The molecule has 1 aromatic carbocycles. The Morgan fingerprint density at radius 1 is 1.18 bits per heavy atom. The molecule has 0 bridgehead atoms. The Bertz CT molecular complexity index is 590. The van der Waals surface area contributed by atoms with Gasteiger partial charge in [0.2, 0.25) is 0 Å². The number of nitrogens with zero attached hydrogens (tertiary/aromatic N) is 2. The van der Waals surface area contributed by atoms with E-state index in [2.05, 4.69) is 29.4 Å². The summed E-state index contributed by atoms with van der Waals surface area (Å²) in [5.41, 5.74) is 0.941. The Morgan fingerprint density at radius 2 is 1.93 bits per heavy atom. The van der Waals surface area contributed by atoms with Crippen molar-refractivity contribution in [1.82, 2.24) is 10.2 Å². The van der Waals surface area contributed by atoms with Crippen LogP contribution in [0.4, 0.5) is 5.69 Å². The summed E-state index contributed by atoms with van der Waals surface area (Å²) in [4.78, 5) is 7.39. The molecule has 1 heterocycles. The first-order valence-electron chi connectivity index (χ1n) is 10.3. The number of anilines is 1. The van der Waals surface area contributed by atoms with Crippen molar-refractivity contribution in [3.8, 4) is 11.5 Å². The van der Waals surface area contributed by atoms with Crippen LogP contribution in [-0.4, -0.2) is 57.3 Å². The van der Waals surface area contributed by atoms with E-state index in [9.17, 15) is 0 Å². The van der Waals surface area contributed by atoms with Crippen molar-refractivity contribution in [2.24, 2.45) is 10.9 Å². The lowest BCUT2D eigenvalue weighted by molar-refractivity contribution is 0.188. The predicted molar refractivity (Wildman–Crippen MR) is 129 cm³/mol. The molecule has 0 unspecified atom stereocenters. The average molecular weight is 504 g/mol. The molecule has 7 heteroatoms. The fourth-order valence-corrected chi connectivity index (χ4v) is 3.40. The van der Waals surface area contributed by atoms with E-state index >= 15 is 0 Å². The van der Waals surface area contributed by atoms with Crippen LogP contribution in [0.25, 0.3) is 0 Å². The number of methoxy groups -OCH3 is 1. The molecule has 0 spiro atoms. The number of halogens is 1. The summed E-state index contributed by atoms with van der Waals surface area (Å²) < 4.78 is 11.0. The minimum atomic E-state index is 0. The highest BCUT2D eigenvalue weighted by atomic mass is 127. The molecule has 0 aromatic heterocycles. The van der Waals surface area contributed by atoms with Crippen molar-refractivity contribution in [1.29, 1.82) is 0 Å². The molecule has 1 aliphatic rings. The third-order valence-electron chi connectivity index (χ3n) is 4.83. The standard InChI is InChI=1S/C21H36N4O2.HI/c1-5-12-25-13-10-17(11-14-25)16-23-21(22-6-2)24-18-8-9-19(26-4)20(15-18)27-7-3;/h8-9,15,17H,5-7,10-14,16H2,1-4H3,(H2,22,23,24);1H. The molecular formula is C21H37IN4O2. The Kier molecular flexibility index (Phi) is 12.3. The quantitative estimate of drug-likeness (QED) is 0.300. The fraction of sp³-hybridized carbons (Fsp3) is 0.667. The molecule has 1 aliphatic heterocycles. The molecule has 0 atom stereocenters. The maximum absolute atomic E-state index is 5.67. The van der Waals surface area contributed by atoms with Gasteiger partial charge in [0.15, 0.2) is 17.5 Å². The zero-order chi connectivity index (χ0) is 19.5. The van der Waals surface area contributed by atoms with Crippen LogP contribution in [0, 0.1) is 5.92 Å². The van der Waals surface area contributed by atoms with Gasteiger partial charge in [-0.15, -0.1) is 24.0 Å². The van der Waals surface area contributed by atoms with E-state index in [1.165, 1.54) is 38.9 Å². The summed E-state index contributed by atoms with van der Waals surface area (Å²) >= 11 is 0. The van der Waals surface area contributed by atoms with Crippen molar-refractivity contribution in [2.75, 3.05) is 51.8 Å². The number of rotatable bonds is 9. The van der Waals surface area contributed by atoms with Gasteiger partial charge in [0.05, 0.1) is 13.7 Å². The first-order valence-corrected chi connectivity index (χ1v) is 10.3. The molecule has 28 heavy (non-hydrogen) atoms. The first-order chi connectivity index (χ1) is 13.2. The summed E-state index contributed by atoms with van der Waals surface area (Å²) in [7, 11) is 1.66. The van der Waals surface area contributed by atoms with Crippen molar-refractivity contribution in [2.45, 2.75) is 40.0 Å². The van der Waals surface area contributed by atoms with Gasteiger partial charge >= 0.3 is 0 Å². The highest BCUT2D eigenvalue weighted by Gasteiger charge is 2.18. The molecule has 0 aliphatic carbocycles. The molecule has 1 saturated heterocycles. The summed E-state index contributed by atoms with van der Waals surface area (Å²) in [6.07, 6.45) is 3.71. The van der Waals surface area contributed by atoms with E-state index in [4.69, 9.17) is 14.5 Å². The van der Waals surface area contributed by atoms with Crippen LogP contribution >= 0.6 is 24.0 Å². The largest absolute Gasteiger partial charge is 0.493 e. The number of hydrogen-bond donors (Lipinski definition) is 2. The topological polar surface area (TPSA) is 58.1 Å². The summed E-state index contributed by atoms with van der Waals surface area (Å²) in [5.74, 6) is 2.97. The highest BCUT2D eigenvalue weighted by Crippen LogP contribution is 2.30. The fourth-order valence-electron chi connectivity index (χ4n) is 3.40. The molecule has 160 valence electrons. The molecule has 2 rings (SSSR count). The second-order valence-electron chi connectivity index (χ2n) is 6.93. The van der Waals surface area contributed by atoms with E-state index in [0.717, 1.165) is 36.2 Å². The van der Waals surface area contributed by atoms with E-state index in [0.29, 0.717) is 12.5 Å². The van der Waals surface area contributed by atoms with Crippen LogP contribution in [-0.2, 0) is 0 Å². The van der Waals surface area contributed by atoms with Gasteiger partial charge in [-0.1, -0.05) is 6.92 Å².